The molecule has 1 N–H and O–H groups in total. The maximum absolute atomic E-state index is 5.40. The molecule has 3 unspecified atom stereocenters. The Morgan fingerprint density at radius 1 is 1.39 bits per heavy atom. The van der Waals surface area contributed by atoms with Crippen molar-refractivity contribution in [2.75, 3.05) is 18.1 Å². The van der Waals surface area contributed by atoms with Crippen molar-refractivity contribution >= 4 is 23.5 Å². The first-order chi connectivity index (χ1) is 8.83. The van der Waals surface area contributed by atoms with Crippen LogP contribution in [0, 0.1) is 0 Å². The summed E-state index contributed by atoms with van der Waals surface area (Å²) in [5.74, 6) is 4.12. The number of nitrogens with zero attached hydrogens (tertiary/aromatic N) is 2. The molecule has 0 aliphatic carbocycles. The van der Waals surface area contributed by atoms with Gasteiger partial charge >= 0.3 is 0 Å². The van der Waals surface area contributed by atoms with Crippen molar-refractivity contribution in [2.45, 2.75) is 42.7 Å². The van der Waals surface area contributed by atoms with Crippen LogP contribution in [0.1, 0.15) is 36.7 Å². The number of hydrogen-bond donors (Lipinski definition) is 1. The average molecular weight is 285 g/mol. The predicted octanol–water partition coefficient (Wildman–Crippen LogP) is 2.27. The van der Waals surface area contributed by atoms with Crippen LogP contribution in [0.25, 0.3) is 0 Å². The lowest BCUT2D eigenvalue weighted by Gasteiger charge is -2.24. The van der Waals surface area contributed by atoms with Crippen molar-refractivity contribution in [2.24, 2.45) is 0 Å². The van der Waals surface area contributed by atoms with Crippen LogP contribution in [0.2, 0.25) is 0 Å². The number of hydrogen-bond acceptors (Lipinski definition) is 6. The summed E-state index contributed by atoms with van der Waals surface area (Å²) in [4.78, 5) is 4.60. The smallest absolute Gasteiger partial charge is 0.228 e. The van der Waals surface area contributed by atoms with E-state index in [4.69, 9.17) is 4.52 Å². The van der Waals surface area contributed by atoms with Gasteiger partial charge in [-0.05, 0) is 19.4 Å². The molecule has 3 heterocycles. The molecule has 4 nitrogen and oxygen atoms in total. The lowest BCUT2D eigenvalue weighted by molar-refractivity contribution is 0.359. The van der Waals surface area contributed by atoms with Gasteiger partial charge in [0.15, 0.2) is 5.82 Å². The molecule has 3 atom stereocenters. The first-order valence-electron chi connectivity index (χ1n) is 6.62. The molecule has 2 fully saturated rings. The van der Waals surface area contributed by atoms with Crippen molar-refractivity contribution in [3.8, 4) is 0 Å². The fourth-order valence-electron chi connectivity index (χ4n) is 2.52. The minimum Gasteiger partial charge on any atom is -0.339 e. The number of rotatable bonds is 3. The van der Waals surface area contributed by atoms with E-state index in [1.165, 1.54) is 24.3 Å². The van der Waals surface area contributed by atoms with E-state index < -0.39 is 0 Å². The van der Waals surface area contributed by atoms with Crippen molar-refractivity contribution < 1.29 is 4.52 Å². The highest BCUT2D eigenvalue weighted by atomic mass is 32.2. The molecule has 0 spiro atoms. The van der Waals surface area contributed by atoms with E-state index in [-0.39, 0.29) is 0 Å². The van der Waals surface area contributed by atoms with Crippen LogP contribution < -0.4 is 5.32 Å². The summed E-state index contributed by atoms with van der Waals surface area (Å²) in [5, 5.41) is 8.63. The van der Waals surface area contributed by atoms with E-state index in [0.29, 0.717) is 16.5 Å². The van der Waals surface area contributed by atoms with Crippen molar-refractivity contribution in [1.82, 2.24) is 15.5 Å². The summed E-state index contributed by atoms with van der Waals surface area (Å²) < 4.78 is 5.40. The Hall–Kier alpha value is -0.200. The van der Waals surface area contributed by atoms with Crippen LogP contribution in [-0.2, 0) is 6.42 Å². The van der Waals surface area contributed by atoms with Gasteiger partial charge in [0.2, 0.25) is 5.89 Å². The molecule has 0 saturated carbocycles. The Kier molecular flexibility index (Phi) is 4.16. The van der Waals surface area contributed by atoms with Gasteiger partial charge < -0.3 is 9.84 Å². The highest BCUT2D eigenvalue weighted by Gasteiger charge is 2.29. The van der Waals surface area contributed by atoms with Gasteiger partial charge in [-0.15, -0.1) is 11.8 Å². The van der Waals surface area contributed by atoms with Gasteiger partial charge in [0.25, 0.3) is 0 Å². The molecule has 1 aromatic rings. The molecule has 2 aliphatic heterocycles. The van der Waals surface area contributed by atoms with Crippen LogP contribution in [0.15, 0.2) is 4.52 Å². The molecular formula is C12H19N3OS2. The number of nitrogens with one attached hydrogen (secondary N) is 1. The number of thioether (sulfide) groups is 2. The third-order valence-corrected chi connectivity index (χ3v) is 6.60. The molecule has 2 aliphatic rings. The summed E-state index contributed by atoms with van der Waals surface area (Å²) in [6.07, 6.45) is 3.37. The highest BCUT2D eigenvalue weighted by Crippen LogP contribution is 2.41. The highest BCUT2D eigenvalue weighted by molar-refractivity contribution is 8.06. The quantitative estimate of drug-likeness (QED) is 0.919. The van der Waals surface area contributed by atoms with E-state index in [1.807, 2.05) is 23.5 Å². The molecule has 0 radical (unpaired) electrons. The van der Waals surface area contributed by atoms with E-state index in [0.717, 1.165) is 24.7 Å². The Morgan fingerprint density at radius 2 is 2.28 bits per heavy atom. The fourth-order valence-corrected chi connectivity index (χ4v) is 5.20. The Morgan fingerprint density at radius 3 is 3.06 bits per heavy atom. The lowest BCUT2D eigenvalue weighted by atomic mass is 10.1. The second-order valence-electron chi connectivity index (χ2n) is 4.91. The average Bonchev–Trinajstić information content (AvgIpc) is 3.02. The first kappa shape index (κ1) is 12.8. The summed E-state index contributed by atoms with van der Waals surface area (Å²) in [5.41, 5.74) is 0. The normalized spacial score (nSPS) is 32.8. The Balaban J connectivity index is 1.64. The minimum absolute atomic E-state index is 0.401. The molecule has 6 heteroatoms. The zero-order chi connectivity index (χ0) is 12.4. The molecule has 0 amide bonds. The zero-order valence-corrected chi connectivity index (χ0v) is 12.2. The molecule has 100 valence electrons. The van der Waals surface area contributed by atoms with Crippen molar-refractivity contribution in [1.29, 1.82) is 0 Å². The van der Waals surface area contributed by atoms with Crippen LogP contribution in [0.4, 0.5) is 0 Å². The number of aromatic nitrogens is 2. The van der Waals surface area contributed by atoms with Gasteiger partial charge in [-0.25, -0.2) is 0 Å². The second-order valence-corrected chi connectivity index (χ2v) is 7.65. The monoisotopic (exact) mass is 285 g/mol. The third-order valence-electron chi connectivity index (χ3n) is 3.51. The summed E-state index contributed by atoms with van der Waals surface area (Å²) in [7, 11) is 0. The topological polar surface area (TPSA) is 51.0 Å². The summed E-state index contributed by atoms with van der Waals surface area (Å²) in [6.45, 7) is 3.38. The molecule has 18 heavy (non-hydrogen) atoms. The predicted molar refractivity (Wildman–Crippen MR) is 76.1 cm³/mol. The van der Waals surface area contributed by atoms with Gasteiger partial charge in [0.05, 0.1) is 5.25 Å². The molecular weight excluding hydrogens is 266 g/mol. The molecule has 0 aromatic carbocycles. The van der Waals surface area contributed by atoms with Gasteiger partial charge in [-0.1, -0.05) is 12.1 Å². The van der Waals surface area contributed by atoms with E-state index in [2.05, 4.69) is 22.4 Å². The van der Waals surface area contributed by atoms with Crippen LogP contribution in [0.3, 0.4) is 0 Å². The molecule has 0 bridgehead atoms. The van der Waals surface area contributed by atoms with Gasteiger partial charge in [-0.2, -0.15) is 16.7 Å². The fraction of sp³-hybridized carbons (Fsp3) is 0.833. The molecule has 2 saturated heterocycles. The van der Waals surface area contributed by atoms with E-state index in [1.54, 1.807) is 0 Å². The van der Waals surface area contributed by atoms with E-state index in [9.17, 15) is 0 Å². The largest absolute Gasteiger partial charge is 0.339 e. The van der Waals surface area contributed by atoms with Crippen LogP contribution >= 0.6 is 23.5 Å². The van der Waals surface area contributed by atoms with Crippen LogP contribution in [-0.4, -0.2) is 39.5 Å². The minimum atomic E-state index is 0.401. The zero-order valence-electron chi connectivity index (χ0n) is 10.6. The first-order valence-corrected chi connectivity index (χ1v) is 8.72. The summed E-state index contributed by atoms with van der Waals surface area (Å²) in [6, 6.07) is 0.532. The SMILES string of the molecule is CC1SCCSC1c1noc(CC2CCCN2)n1. The maximum atomic E-state index is 5.40. The third kappa shape index (κ3) is 2.86. The summed E-state index contributed by atoms with van der Waals surface area (Å²) >= 11 is 3.97. The maximum Gasteiger partial charge on any atom is 0.228 e. The van der Waals surface area contributed by atoms with Gasteiger partial charge in [0.1, 0.15) is 0 Å². The second kappa shape index (κ2) is 5.84. The van der Waals surface area contributed by atoms with Crippen LogP contribution in [0.5, 0.6) is 0 Å². The standard InChI is InChI=1S/C12H19N3OS2/c1-8-11(18-6-5-17-8)12-14-10(16-15-12)7-9-3-2-4-13-9/h8-9,11,13H,2-7H2,1H3. The molecule has 1 aromatic heterocycles. The Labute approximate surface area is 116 Å². The lowest BCUT2D eigenvalue weighted by Crippen LogP contribution is -2.23. The Bertz CT molecular complexity index is 392. The van der Waals surface area contributed by atoms with E-state index >= 15 is 0 Å². The van der Waals surface area contributed by atoms with Crippen molar-refractivity contribution in [3.63, 3.8) is 0 Å². The van der Waals surface area contributed by atoms with Gasteiger partial charge in [0, 0.05) is 29.2 Å². The molecule has 3 rings (SSSR count). The van der Waals surface area contributed by atoms with Gasteiger partial charge in [-0.3, -0.25) is 0 Å². The van der Waals surface area contributed by atoms with Crippen molar-refractivity contribution in [3.05, 3.63) is 11.7 Å².